The van der Waals surface area contributed by atoms with Crippen molar-refractivity contribution in [2.45, 2.75) is 56.8 Å². The molecule has 0 bridgehead atoms. The number of benzene rings is 2. The number of thioether (sulfide) groups is 1. The van der Waals surface area contributed by atoms with Crippen molar-refractivity contribution in [1.82, 2.24) is 20.4 Å². The lowest BCUT2D eigenvalue weighted by Gasteiger charge is -2.32. The van der Waals surface area contributed by atoms with Crippen LogP contribution in [0.3, 0.4) is 0 Å². The van der Waals surface area contributed by atoms with Gasteiger partial charge in [-0.15, -0.1) is 0 Å². The lowest BCUT2D eigenvalue weighted by molar-refractivity contribution is -0.145. The van der Waals surface area contributed by atoms with Gasteiger partial charge in [0.25, 0.3) is 0 Å². The van der Waals surface area contributed by atoms with E-state index < -0.39 is 12.0 Å². The Morgan fingerprint density at radius 1 is 1.16 bits per heavy atom. The fourth-order valence-electron chi connectivity index (χ4n) is 5.64. The van der Waals surface area contributed by atoms with Crippen LogP contribution in [0.1, 0.15) is 37.7 Å². The third kappa shape index (κ3) is 7.27. The van der Waals surface area contributed by atoms with Crippen molar-refractivity contribution < 1.29 is 19.1 Å². The number of nitrogens with zero attached hydrogens (tertiary/aromatic N) is 2. The summed E-state index contributed by atoms with van der Waals surface area (Å²) in [6.45, 7) is 2.96. The highest BCUT2D eigenvalue weighted by atomic mass is 32.2. The molecule has 2 fully saturated rings. The number of carbonyl (C=O) groups is 3. The van der Waals surface area contributed by atoms with E-state index in [9.17, 15) is 14.4 Å². The zero-order valence-electron chi connectivity index (χ0n) is 22.5. The van der Waals surface area contributed by atoms with Crippen molar-refractivity contribution in [2.75, 3.05) is 45.3 Å². The summed E-state index contributed by atoms with van der Waals surface area (Å²) in [6.07, 6.45) is 6.29. The Morgan fingerprint density at radius 3 is 2.74 bits per heavy atom. The zero-order chi connectivity index (χ0) is 26.9. The van der Waals surface area contributed by atoms with E-state index >= 15 is 0 Å². The molecule has 4 rings (SSSR count). The van der Waals surface area contributed by atoms with Gasteiger partial charge in [-0.3, -0.25) is 14.5 Å². The number of methoxy groups -OCH3 is 1. The predicted octanol–water partition coefficient (Wildman–Crippen LogP) is 2.80. The van der Waals surface area contributed by atoms with Gasteiger partial charge in [0.05, 0.1) is 19.7 Å². The Bertz CT molecular complexity index is 1100. The monoisotopic (exact) mass is 540 g/mol. The van der Waals surface area contributed by atoms with E-state index in [1.54, 1.807) is 11.8 Å². The number of likely N-dealkylation sites (tertiary alicyclic amines) is 1. The third-order valence-electron chi connectivity index (χ3n) is 7.56. The first-order valence-electron chi connectivity index (χ1n) is 13.6. The molecule has 0 saturated carbocycles. The average Bonchev–Trinajstić information content (AvgIpc) is 3.63. The SMILES string of the molecule is COC(=O)C(CCSC)NC(=O)CN(Cc1cccc2ccccc12)C[C@@H]1CCCN1C(=O)[C@@H]1CCCN1. The van der Waals surface area contributed by atoms with Crippen LogP contribution >= 0.6 is 11.8 Å². The maximum atomic E-state index is 13.3. The first-order chi connectivity index (χ1) is 18.5. The van der Waals surface area contributed by atoms with E-state index in [2.05, 4.69) is 39.8 Å². The van der Waals surface area contributed by atoms with Gasteiger partial charge in [0.15, 0.2) is 0 Å². The van der Waals surface area contributed by atoms with E-state index in [4.69, 9.17) is 4.74 Å². The van der Waals surface area contributed by atoms with E-state index in [0.29, 0.717) is 19.5 Å². The van der Waals surface area contributed by atoms with E-state index in [0.717, 1.165) is 60.9 Å². The lowest BCUT2D eigenvalue weighted by Crippen LogP contribution is -2.51. The topological polar surface area (TPSA) is 91.0 Å². The van der Waals surface area contributed by atoms with Gasteiger partial charge < -0.3 is 20.3 Å². The molecule has 2 aromatic rings. The van der Waals surface area contributed by atoms with Crippen molar-refractivity contribution in [2.24, 2.45) is 0 Å². The highest BCUT2D eigenvalue weighted by Crippen LogP contribution is 2.24. The van der Waals surface area contributed by atoms with Crippen LogP contribution < -0.4 is 10.6 Å². The minimum Gasteiger partial charge on any atom is -0.467 e. The number of esters is 1. The molecule has 2 heterocycles. The maximum Gasteiger partial charge on any atom is 0.328 e. The first-order valence-corrected chi connectivity index (χ1v) is 15.0. The molecular weight excluding hydrogens is 500 g/mol. The molecule has 8 nitrogen and oxygen atoms in total. The van der Waals surface area contributed by atoms with Gasteiger partial charge in [-0.05, 0) is 67.0 Å². The number of carbonyl (C=O) groups excluding carboxylic acids is 3. The predicted molar refractivity (Wildman–Crippen MR) is 152 cm³/mol. The fourth-order valence-corrected chi connectivity index (χ4v) is 6.11. The van der Waals surface area contributed by atoms with Crippen LogP contribution in [-0.2, 0) is 25.7 Å². The van der Waals surface area contributed by atoms with E-state index in [1.165, 1.54) is 7.11 Å². The minimum atomic E-state index is -0.669. The van der Waals surface area contributed by atoms with Gasteiger partial charge in [-0.25, -0.2) is 4.79 Å². The molecule has 206 valence electrons. The minimum absolute atomic E-state index is 0.0561. The number of hydrogen-bond acceptors (Lipinski definition) is 7. The summed E-state index contributed by atoms with van der Waals surface area (Å²) >= 11 is 1.62. The quantitative estimate of drug-likeness (QED) is 0.400. The molecule has 2 saturated heterocycles. The summed E-state index contributed by atoms with van der Waals surface area (Å²) < 4.78 is 4.93. The van der Waals surface area contributed by atoms with Crippen LogP contribution in [0, 0.1) is 0 Å². The first kappa shape index (κ1) is 28.4. The Hall–Kier alpha value is -2.62. The van der Waals surface area contributed by atoms with Crippen LogP contribution in [0.15, 0.2) is 42.5 Å². The van der Waals surface area contributed by atoms with Gasteiger partial charge in [0.2, 0.25) is 11.8 Å². The van der Waals surface area contributed by atoms with E-state index in [-0.39, 0.29) is 30.4 Å². The summed E-state index contributed by atoms with van der Waals surface area (Å²) in [5.41, 5.74) is 1.14. The second-order valence-corrected chi connectivity index (χ2v) is 11.2. The molecule has 2 aromatic carbocycles. The fraction of sp³-hybridized carbons (Fsp3) is 0.552. The summed E-state index contributed by atoms with van der Waals surface area (Å²) in [4.78, 5) is 42.9. The van der Waals surface area contributed by atoms with Crippen LogP contribution in [0.4, 0.5) is 0 Å². The Labute approximate surface area is 229 Å². The number of hydrogen-bond donors (Lipinski definition) is 2. The van der Waals surface area contributed by atoms with Gasteiger partial charge in [0.1, 0.15) is 6.04 Å². The van der Waals surface area contributed by atoms with Crippen molar-refractivity contribution >= 4 is 40.3 Å². The molecular formula is C29H40N4O4S. The number of amides is 2. The summed E-state index contributed by atoms with van der Waals surface area (Å²) in [6, 6.07) is 13.8. The molecule has 3 atom stereocenters. The number of ether oxygens (including phenoxy) is 1. The largest absolute Gasteiger partial charge is 0.467 e. The van der Waals surface area contributed by atoms with E-state index in [1.807, 2.05) is 29.4 Å². The van der Waals surface area contributed by atoms with Gasteiger partial charge in [-0.2, -0.15) is 11.8 Å². The Morgan fingerprint density at radius 2 is 1.97 bits per heavy atom. The second kappa shape index (κ2) is 14.0. The van der Waals surface area contributed by atoms with Crippen molar-refractivity contribution in [1.29, 1.82) is 0 Å². The zero-order valence-corrected chi connectivity index (χ0v) is 23.3. The average molecular weight is 541 g/mol. The molecule has 0 radical (unpaired) electrons. The number of nitrogens with one attached hydrogen (secondary N) is 2. The molecule has 0 aliphatic carbocycles. The smallest absolute Gasteiger partial charge is 0.328 e. The molecule has 2 aliphatic rings. The van der Waals surface area contributed by atoms with Crippen molar-refractivity contribution in [3.8, 4) is 0 Å². The Kier molecular flexibility index (Phi) is 10.4. The van der Waals surface area contributed by atoms with Gasteiger partial charge >= 0.3 is 5.97 Å². The Balaban J connectivity index is 1.52. The molecule has 0 spiro atoms. The lowest BCUT2D eigenvalue weighted by atomic mass is 10.0. The normalized spacial score (nSPS) is 20.1. The molecule has 2 aliphatic heterocycles. The second-order valence-electron chi connectivity index (χ2n) is 10.2. The summed E-state index contributed by atoms with van der Waals surface area (Å²) in [5.74, 6) is 0.288. The summed E-state index contributed by atoms with van der Waals surface area (Å²) in [7, 11) is 1.35. The van der Waals surface area contributed by atoms with Crippen LogP contribution in [-0.4, -0.2) is 91.0 Å². The standard InChI is InChI=1S/C29H40N4O4S/c1-37-29(36)26(14-17-38-2)31-27(34)20-32(18-22-10-5-9-21-8-3-4-12-24(21)22)19-23-11-7-16-33(23)28(35)25-13-6-15-30-25/h3-5,8-10,12,23,25-26,30H,6-7,11,13-20H2,1-2H3,(H,31,34)/t23-,25-,26?/m0/s1. The van der Waals surface area contributed by atoms with Crippen LogP contribution in [0.25, 0.3) is 10.8 Å². The van der Waals surface area contributed by atoms with Crippen molar-refractivity contribution in [3.05, 3.63) is 48.0 Å². The third-order valence-corrected chi connectivity index (χ3v) is 8.20. The summed E-state index contributed by atoms with van der Waals surface area (Å²) in [5, 5.41) is 8.55. The molecule has 2 amide bonds. The molecule has 2 N–H and O–H groups in total. The highest BCUT2D eigenvalue weighted by Gasteiger charge is 2.35. The maximum absolute atomic E-state index is 13.3. The van der Waals surface area contributed by atoms with Gasteiger partial charge in [0, 0.05) is 25.7 Å². The molecule has 38 heavy (non-hydrogen) atoms. The number of fused-ring (bicyclic) bond motifs is 1. The van der Waals surface area contributed by atoms with Crippen LogP contribution in [0.5, 0.6) is 0 Å². The highest BCUT2D eigenvalue weighted by molar-refractivity contribution is 7.98. The molecule has 9 heteroatoms. The number of rotatable bonds is 12. The van der Waals surface area contributed by atoms with Crippen molar-refractivity contribution in [3.63, 3.8) is 0 Å². The molecule has 0 aromatic heterocycles. The molecule has 1 unspecified atom stereocenters. The van der Waals surface area contributed by atoms with Gasteiger partial charge in [-0.1, -0.05) is 42.5 Å². The van der Waals surface area contributed by atoms with Crippen LogP contribution in [0.2, 0.25) is 0 Å².